The van der Waals surface area contributed by atoms with Gasteiger partial charge in [-0.1, -0.05) is 30.3 Å². The van der Waals surface area contributed by atoms with Gasteiger partial charge in [0.15, 0.2) is 0 Å². The number of hydrogen-bond donors (Lipinski definition) is 0. The molecule has 3 nitrogen and oxygen atoms in total. The van der Waals surface area contributed by atoms with Crippen molar-refractivity contribution in [3.8, 4) is 0 Å². The van der Waals surface area contributed by atoms with Crippen molar-refractivity contribution >= 4 is 12.1 Å². The van der Waals surface area contributed by atoms with Crippen LogP contribution in [0.1, 0.15) is 33.9 Å². The normalized spacial score (nSPS) is 17.5. The highest BCUT2D eigenvalue weighted by Crippen LogP contribution is 2.31. The molecule has 1 aliphatic heterocycles. The number of alkyl halides is 3. The van der Waals surface area contributed by atoms with Crippen molar-refractivity contribution in [3.05, 3.63) is 71.3 Å². The van der Waals surface area contributed by atoms with Crippen molar-refractivity contribution in [1.82, 2.24) is 5.01 Å². The Bertz CT molecular complexity index is 724. The summed E-state index contributed by atoms with van der Waals surface area (Å²) in [5, 5.41) is 5.39. The molecule has 2 aromatic rings. The summed E-state index contributed by atoms with van der Waals surface area (Å²) in [4.78, 5) is 12.5. The molecular formula is C17H13F3N2O. The molecule has 1 atom stereocenters. The number of hydrazone groups is 1. The van der Waals surface area contributed by atoms with Crippen molar-refractivity contribution in [2.75, 3.05) is 0 Å². The van der Waals surface area contributed by atoms with E-state index in [1.807, 2.05) is 30.3 Å². The van der Waals surface area contributed by atoms with Crippen LogP contribution in [0.3, 0.4) is 0 Å². The van der Waals surface area contributed by atoms with E-state index < -0.39 is 17.6 Å². The third kappa shape index (κ3) is 3.11. The maximum atomic E-state index is 12.6. The van der Waals surface area contributed by atoms with E-state index in [4.69, 9.17) is 0 Å². The molecule has 23 heavy (non-hydrogen) atoms. The summed E-state index contributed by atoms with van der Waals surface area (Å²) in [6.45, 7) is 0. The van der Waals surface area contributed by atoms with Crippen molar-refractivity contribution in [2.24, 2.45) is 5.10 Å². The first kappa shape index (κ1) is 15.3. The number of rotatable bonds is 2. The molecule has 1 unspecified atom stereocenters. The average Bonchev–Trinajstić information content (AvgIpc) is 3.04. The molecule has 1 aliphatic rings. The number of carbonyl (C=O) groups is 1. The zero-order chi connectivity index (χ0) is 16.4. The second-order valence-corrected chi connectivity index (χ2v) is 5.19. The smallest absolute Gasteiger partial charge is 0.267 e. The first-order chi connectivity index (χ1) is 11.0. The number of hydrogen-bond acceptors (Lipinski definition) is 2. The number of nitrogens with zero attached hydrogens (tertiary/aromatic N) is 2. The zero-order valence-corrected chi connectivity index (χ0v) is 12.0. The van der Waals surface area contributed by atoms with Gasteiger partial charge in [0, 0.05) is 18.2 Å². The summed E-state index contributed by atoms with van der Waals surface area (Å²) in [5.74, 6) is -0.415. The number of amides is 1. The molecule has 1 amide bonds. The molecule has 0 bridgehead atoms. The molecule has 0 aliphatic carbocycles. The predicted octanol–water partition coefficient (Wildman–Crippen LogP) is 4.28. The molecule has 6 heteroatoms. The molecular weight excluding hydrogens is 305 g/mol. The Morgan fingerprint density at radius 3 is 2.30 bits per heavy atom. The number of carbonyl (C=O) groups excluding carboxylic acids is 1. The van der Waals surface area contributed by atoms with Gasteiger partial charge in [0.2, 0.25) is 0 Å². The number of halogens is 3. The Morgan fingerprint density at radius 2 is 1.70 bits per heavy atom. The van der Waals surface area contributed by atoms with Crippen LogP contribution in [0.4, 0.5) is 13.2 Å². The monoisotopic (exact) mass is 318 g/mol. The Labute approximate surface area is 131 Å². The maximum Gasteiger partial charge on any atom is 0.416 e. The van der Waals surface area contributed by atoms with Crippen LogP contribution in [0.25, 0.3) is 0 Å². The van der Waals surface area contributed by atoms with E-state index >= 15 is 0 Å². The van der Waals surface area contributed by atoms with E-state index in [0.29, 0.717) is 6.42 Å². The van der Waals surface area contributed by atoms with Gasteiger partial charge in [-0.05, 0) is 29.8 Å². The van der Waals surface area contributed by atoms with Crippen molar-refractivity contribution < 1.29 is 18.0 Å². The van der Waals surface area contributed by atoms with E-state index in [2.05, 4.69) is 5.10 Å². The Kier molecular flexibility index (Phi) is 3.90. The molecule has 2 aromatic carbocycles. The molecule has 0 spiro atoms. The Morgan fingerprint density at radius 1 is 1.04 bits per heavy atom. The molecule has 0 radical (unpaired) electrons. The molecule has 0 N–H and O–H groups in total. The second kappa shape index (κ2) is 5.87. The van der Waals surface area contributed by atoms with Gasteiger partial charge in [-0.25, -0.2) is 5.01 Å². The lowest BCUT2D eigenvalue weighted by Crippen LogP contribution is -2.27. The minimum absolute atomic E-state index is 0.179. The minimum atomic E-state index is -4.42. The van der Waals surface area contributed by atoms with E-state index in [1.165, 1.54) is 17.1 Å². The van der Waals surface area contributed by atoms with Gasteiger partial charge in [-0.3, -0.25) is 4.79 Å². The average molecular weight is 318 g/mol. The van der Waals surface area contributed by atoms with Crippen LogP contribution in [0.5, 0.6) is 0 Å². The quantitative estimate of drug-likeness (QED) is 0.813. The van der Waals surface area contributed by atoms with Gasteiger partial charge >= 0.3 is 6.18 Å². The Hall–Kier alpha value is -2.63. The highest BCUT2D eigenvalue weighted by atomic mass is 19.4. The van der Waals surface area contributed by atoms with Gasteiger partial charge in [-0.15, -0.1) is 0 Å². The summed E-state index contributed by atoms with van der Waals surface area (Å²) in [7, 11) is 0. The summed E-state index contributed by atoms with van der Waals surface area (Å²) in [6, 6.07) is 13.4. The van der Waals surface area contributed by atoms with Gasteiger partial charge in [-0.2, -0.15) is 18.3 Å². The number of benzene rings is 2. The molecule has 0 saturated heterocycles. The van der Waals surface area contributed by atoms with Gasteiger partial charge in [0.05, 0.1) is 11.6 Å². The van der Waals surface area contributed by atoms with Crippen molar-refractivity contribution in [3.63, 3.8) is 0 Å². The van der Waals surface area contributed by atoms with Crippen molar-refractivity contribution in [2.45, 2.75) is 18.6 Å². The van der Waals surface area contributed by atoms with E-state index in [9.17, 15) is 18.0 Å². The van der Waals surface area contributed by atoms with Gasteiger partial charge < -0.3 is 0 Å². The van der Waals surface area contributed by atoms with Crippen LogP contribution in [0.15, 0.2) is 59.7 Å². The van der Waals surface area contributed by atoms with Crippen molar-refractivity contribution in [1.29, 1.82) is 0 Å². The molecule has 0 aromatic heterocycles. The van der Waals surface area contributed by atoms with E-state index in [-0.39, 0.29) is 11.6 Å². The van der Waals surface area contributed by atoms with Crippen LogP contribution in [-0.4, -0.2) is 17.1 Å². The fourth-order valence-corrected chi connectivity index (χ4v) is 2.50. The molecule has 3 rings (SSSR count). The summed E-state index contributed by atoms with van der Waals surface area (Å²) >= 11 is 0. The first-order valence-corrected chi connectivity index (χ1v) is 7.05. The van der Waals surface area contributed by atoms with Crippen LogP contribution >= 0.6 is 0 Å². The van der Waals surface area contributed by atoms with Crippen LogP contribution in [-0.2, 0) is 6.18 Å². The summed E-state index contributed by atoms with van der Waals surface area (Å²) in [6.07, 6.45) is -2.20. The highest BCUT2D eigenvalue weighted by Gasteiger charge is 2.32. The van der Waals surface area contributed by atoms with E-state index in [0.717, 1.165) is 17.7 Å². The maximum absolute atomic E-state index is 12.6. The molecule has 0 saturated carbocycles. The molecule has 118 valence electrons. The molecule has 0 fully saturated rings. The summed E-state index contributed by atoms with van der Waals surface area (Å²) in [5.41, 5.74) is 0.335. The van der Waals surface area contributed by atoms with Crippen LogP contribution in [0.2, 0.25) is 0 Å². The lowest BCUT2D eigenvalue weighted by Gasteiger charge is -2.22. The van der Waals surface area contributed by atoms with Crippen LogP contribution in [0, 0.1) is 0 Å². The van der Waals surface area contributed by atoms with Gasteiger partial charge in [0.25, 0.3) is 5.91 Å². The summed E-state index contributed by atoms with van der Waals surface area (Å²) < 4.78 is 37.8. The first-order valence-electron chi connectivity index (χ1n) is 7.05. The molecule has 1 heterocycles. The minimum Gasteiger partial charge on any atom is -0.267 e. The third-order valence-electron chi connectivity index (χ3n) is 3.68. The van der Waals surface area contributed by atoms with Gasteiger partial charge in [0.1, 0.15) is 0 Å². The topological polar surface area (TPSA) is 32.7 Å². The highest BCUT2D eigenvalue weighted by molar-refractivity contribution is 5.95. The second-order valence-electron chi connectivity index (χ2n) is 5.19. The van der Waals surface area contributed by atoms with E-state index in [1.54, 1.807) is 6.21 Å². The fraction of sp³-hybridized carbons (Fsp3) is 0.176. The lowest BCUT2D eigenvalue weighted by molar-refractivity contribution is -0.137. The largest absolute Gasteiger partial charge is 0.416 e. The standard InChI is InChI=1S/C17H13F3N2O/c18-17(19,20)14-8-6-13(7-9-14)16(23)22-15(10-11-21-22)12-4-2-1-3-5-12/h1-9,11,15H,10H2. The van der Waals surface area contributed by atoms with Crippen LogP contribution < -0.4 is 0 Å². The third-order valence-corrected chi connectivity index (χ3v) is 3.68. The predicted molar refractivity (Wildman–Crippen MR) is 79.9 cm³/mol. The lowest BCUT2D eigenvalue weighted by atomic mass is 10.0. The zero-order valence-electron chi connectivity index (χ0n) is 12.0. The SMILES string of the molecule is O=C(c1ccc(C(F)(F)F)cc1)N1N=CCC1c1ccccc1. The fourth-order valence-electron chi connectivity index (χ4n) is 2.50. The Balaban J connectivity index is 1.83.